The van der Waals surface area contributed by atoms with E-state index in [1.165, 1.54) is 0 Å². The van der Waals surface area contributed by atoms with Crippen LogP contribution in [-0.4, -0.2) is 19.7 Å². The minimum absolute atomic E-state index is 0.279. The summed E-state index contributed by atoms with van der Waals surface area (Å²) in [6.45, 7) is 0.471. The molecule has 1 aromatic carbocycles. The van der Waals surface area contributed by atoms with Gasteiger partial charge < -0.3 is 9.47 Å². The topological polar surface area (TPSA) is 35.5 Å². The van der Waals surface area contributed by atoms with Crippen molar-refractivity contribution in [1.82, 2.24) is 0 Å². The third-order valence-electron chi connectivity index (χ3n) is 2.14. The Balaban J connectivity index is 2.56. The molecule has 1 aliphatic heterocycles. The molecule has 1 aromatic rings. The van der Waals surface area contributed by atoms with Crippen LogP contribution in [0.2, 0.25) is 0 Å². The lowest BCUT2D eigenvalue weighted by molar-refractivity contribution is 0.0476. The molecule has 0 unspecified atom stereocenters. The number of carbonyl (C=O) groups is 1. The molecule has 0 amide bonds. The van der Waals surface area contributed by atoms with Crippen LogP contribution in [0.15, 0.2) is 18.2 Å². The van der Waals surface area contributed by atoms with Crippen molar-refractivity contribution in [3.8, 4) is 5.75 Å². The number of hydrogen-bond acceptors (Lipinski definition) is 3. The van der Waals surface area contributed by atoms with Crippen molar-refractivity contribution >= 4 is 5.97 Å². The van der Waals surface area contributed by atoms with Gasteiger partial charge in [-0.3, -0.25) is 0 Å². The number of carbonyl (C=O) groups excluding carboxylic acids is 1. The molecule has 0 saturated heterocycles. The van der Waals surface area contributed by atoms with Crippen LogP contribution in [0.4, 0.5) is 0 Å². The minimum atomic E-state index is -0.279. The van der Waals surface area contributed by atoms with Gasteiger partial charge in [-0.05, 0) is 11.6 Å². The first-order valence-corrected chi connectivity index (χ1v) is 4.16. The molecule has 0 aliphatic carbocycles. The Labute approximate surface area is 76.3 Å². The first kappa shape index (κ1) is 8.10. The maximum Gasteiger partial charge on any atom is 0.342 e. The maximum absolute atomic E-state index is 11.4. The Bertz CT molecular complexity index is 330. The van der Waals surface area contributed by atoms with Gasteiger partial charge in [0.1, 0.15) is 11.3 Å². The predicted molar refractivity (Wildman–Crippen MR) is 47.0 cm³/mol. The highest BCUT2D eigenvalue weighted by Crippen LogP contribution is 2.26. The van der Waals surface area contributed by atoms with Gasteiger partial charge >= 0.3 is 5.97 Å². The summed E-state index contributed by atoms with van der Waals surface area (Å²) >= 11 is 0. The summed E-state index contributed by atoms with van der Waals surface area (Å²) in [5.41, 5.74) is 1.59. The number of cyclic esters (lactones) is 1. The molecule has 0 radical (unpaired) electrons. The third-order valence-corrected chi connectivity index (χ3v) is 2.14. The molecule has 0 bridgehead atoms. The highest BCUT2D eigenvalue weighted by atomic mass is 16.5. The van der Waals surface area contributed by atoms with Gasteiger partial charge in [0.15, 0.2) is 0 Å². The van der Waals surface area contributed by atoms with Crippen molar-refractivity contribution in [2.24, 2.45) is 0 Å². The molecular weight excluding hydrogens is 168 g/mol. The highest BCUT2D eigenvalue weighted by molar-refractivity contribution is 5.95. The van der Waals surface area contributed by atoms with Crippen LogP contribution >= 0.6 is 0 Å². The Morgan fingerprint density at radius 1 is 1.46 bits per heavy atom. The van der Waals surface area contributed by atoms with Gasteiger partial charge in [0, 0.05) is 6.42 Å². The largest absolute Gasteiger partial charge is 0.496 e. The van der Waals surface area contributed by atoms with Crippen LogP contribution in [0.3, 0.4) is 0 Å². The van der Waals surface area contributed by atoms with Crippen LogP contribution in [0.25, 0.3) is 0 Å². The zero-order chi connectivity index (χ0) is 9.26. The van der Waals surface area contributed by atoms with Crippen LogP contribution < -0.4 is 4.74 Å². The summed E-state index contributed by atoms with van der Waals surface area (Å²) in [5, 5.41) is 0. The van der Waals surface area contributed by atoms with Gasteiger partial charge in [-0.2, -0.15) is 0 Å². The summed E-state index contributed by atoms with van der Waals surface area (Å²) in [7, 11) is 1.55. The van der Waals surface area contributed by atoms with E-state index in [0.29, 0.717) is 17.9 Å². The number of esters is 1. The number of rotatable bonds is 1. The predicted octanol–water partition coefficient (Wildman–Crippen LogP) is 1.41. The van der Waals surface area contributed by atoms with Gasteiger partial charge in [-0.15, -0.1) is 0 Å². The standard InChI is InChI=1S/C10H10O3/c1-12-8-4-2-3-7-5-6-13-10(11)9(7)8/h2-4H,5-6H2,1H3. The lowest BCUT2D eigenvalue weighted by Gasteiger charge is -2.17. The molecule has 0 N–H and O–H groups in total. The second-order valence-corrected chi connectivity index (χ2v) is 2.88. The van der Waals surface area contributed by atoms with E-state index in [1.807, 2.05) is 12.1 Å². The van der Waals surface area contributed by atoms with E-state index < -0.39 is 0 Å². The highest BCUT2D eigenvalue weighted by Gasteiger charge is 2.22. The summed E-state index contributed by atoms with van der Waals surface area (Å²) in [6, 6.07) is 5.58. The van der Waals surface area contributed by atoms with Crippen LogP contribution in [-0.2, 0) is 11.2 Å². The second-order valence-electron chi connectivity index (χ2n) is 2.88. The molecule has 68 valence electrons. The first-order chi connectivity index (χ1) is 6.33. The van der Waals surface area contributed by atoms with Crippen molar-refractivity contribution in [2.45, 2.75) is 6.42 Å². The van der Waals surface area contributed by atoms with Gasteiger partial charge in [0.2, 0.25) is 0 Å². The van der Waals surface area contributed by atoms with Crippen LogP contribution in [0.5, 0.6) is 5.75 Å². The van der Waals surface area contributed by atoms with E-state index in [4.69, 9.17) is 9.47 Å². The zero-order valence-electron chi connectivity index (χ0n) is 7.37. The summed E-state index contributed by atoms with van der Waals surface area (Å²) < 4.78 is 10.0. The molecule has 1 aliphatic rings. The fourth-order valence-electron chi connectivity index (χ4n) is 1.51. The number of fused-ring (bicyclic) bond motifs is 1. The fourth-order valence-corrected chi connectivity index (χ4v) is 1.51. The van der Waals surface area contributed by atoms with E-state index in [2.05, 4.69) is 0 Å². The van der Waals surface area contributed by atoms with Gasteiger partial charge in [-0.25, -0.2) is 4.79 Å². The lowest BCUT2D eigenvalue weighted by atomic mass is 10.0. The molecule has 0 fully saturated rings. The molecule has 3 nitrogen and oxygen atoms in total. The lowest BCUT2D eigenvalue weighted by Crippen LogP contribution is -2.18. The number of benzene rings is 1. The molecule has 13 heavy (non-hydrogen) atoms. The van der Waals surface area contributed by atoms with Crippen molar-refractivity contribution in [2.75, 3.05) is 13.7 Å². The normalized spacial score (nSPS) is 14.7. The maximum atomic E-state index is 11.4. The molecule has 0 spiro atoms. The van der Waals surface area contributed by atoms with Crippen molar-refractivity contribution in [1.29, 1.82) is 0 Å². The molecule has 1 heterocycles. The van der Waals surface area contributed by atoms with Gasteiger partial charge in [0.05, 0.1) is 13.7 Å². The van der Waals surface area contributed by atoms with E-state index in [1.54, 1.807) is 13.2 Å². The van der Waals surface area contributed by atoms with Crippen molar-refractivity contribution in [3.05, 3.63) is 29.3 Å². The summed E-state index contributed by atoms with van der Waals surface area (Å²) in [6.07, 6.45) is 0.776. The quantitative estimate of drug-likeness (QED) is 0.610. The average Bonchev–Trinajstić information content (AvgIpc) is 2.17. The van der Waals surface area contributed by atoms with Crippen LogP contribution in [0.1, 0.15) is 15.9 Å². The van der Waals surface area contributed by atoms with Crippen LogP contribution in [0, 0.1) is 0 Å². The monoisotopic (exact) mass is 178 g/mol. The molecule has 0 saturated carbocycles. The molecule has 3 heteroatoms. The second kappa shape index (κ2) is 3.09. The number of methoxy groups -OCH3 is 1. The van der Waals surface area contributed by atoms with Crippen molar-refractivity contribution < 1.29 is 14.3 Å². The molecule has 0 aromatic heterocycles. The third kappa shape index (κ3) is 1.26. The van der Waals surface area contributed by atoms with E-state index in [-0.39, 0.29) is 5.97 Å². The Morgan fingerprint density at radius 2 is 2.31 bits per heavy atom. The van der Waals surface area contributed by atoms with Crippen molar-refractivity contribution in [3.63, 3.8) is 0 Å². The Morgan fingerprint density at radius 3 is 3.08 bits per heavy atom. The fraction of sp³-hybridized carbons (Fsp3) is 0.300. The van der Waals surface area contributed by atoms with E-state index in [0.717, 1.165) is 12.0 Å². The Hall–Kier alpha value is -1.51. The first-order valence-electron chi connectivity index (χ1n) is 4.16. The summed E-state index contributed by atoms with van der Waals surface area (Å²) in [4.78, 5) is 11.4. The molecular formula is C10H10O3. The molecule has 0 atom stereocenters. The van der Waals surface area contributed by atoms with E-state index >= 15 is 0 Å². The number of hydrogen-bond donors (Lipinski definition) is 0. The minimum Gasteiger partial charge on any atom is -0.496 e. The molecule has 2 rings (SSSR count). The van der Waals surface area contributed by atoms with Gasteiger partial charge in [-0.1, -0.05) is 12.1 Å². The summed E-state index contributed by atoms with van der Waals surface area (Å²) in [5.74, 6) is 0.320. The average molecular weight is 178 g/mol. The van der Waals surface area contributed by atoms with Gasteiger partial charge in [0.25, 0.3) is 0 Å². The smallest absolute Gasteiger partial charge is 0.342 e. The zero-order valence-corrected chi connectivity index (χ0v) is 7.37. The number of ether oxygens (including phenoxy) is 2. The van der Waals surface area contributed by atoms with E-state index in [9.17, 15) is 4.79 Å². The SMILES string of the molecule is COc1cccc2c1C(=O)OCC2. The Kier molecular flexibility index (Phi) is 1.93.